The third kappa shape index (κ3) is 3.00. The first-order valence-electron chi connectivity index (χ1n) is 7.95. The highest BCUT2D eigenvalue weighted by Gasteiger charge is 2.26. The fourth-order valence-electron chi connectivity index (χ4n) is 2.76. The van der Waals surface area contributed by atoms with Crippen molar-refractivity contribution in [3.63, 3.8) is 0 Å². The Labute approximate surface area is 151 Å². The zero-order valence-corrected chi connectivity index (χ0v) is 14.8. The van der Waals surface area contributed by atoms with Gasteiger partial charge in [-0.3, -0.25) is 14.5 Å². The van der Waals surface area contributed by atoms with Crippen molar-refractivity contribution in [2.75, 3.05) is 13.7 Å². The molecule has 0 bridgehead atoms. The molecule has 1 aromatic heterocycles. The van der Waals surface area contributed by atoms with E-state index in [-0.39, 0.29) is 12.5 Å². The number of fused-ring (bicyclic) bond motifs is 1. The van der Waals surface area contributed by atoms with Crippen LogP contribution in [0.1, 0.15) is 0 Å². The Morgan fingerprint density at radius 3 is 2.54 bits per heavy atom. The molecule has 1 amide bonds. The van der Waals surface area contributed by atoms with Gasteiger partial charge in [-0.05, 0) is 42.5 Å². The summed E-state index contributed by atoms with van der Waals surface area (Å²) in [5.74, 6) is 1.70. The highest BCUT2D eigenvalue weighted by Crippen LogP contribution is 2.31. The Morgan fingerprint density at radius 2 is 1.85 bits per heavy atom. The van der Waals surface area contributed by atoms with Gasteiger partial charge in [-0.25, -0.2) is 8.93 Å². The van der Waals surface area contributed by atoms with Crippen molar-refractivity contribution in [2.45, 2.75) is 4.90 Å². The molecule has 4 rings (SSSR count). The molecule has 8 heteroatoms. The van der Waals surface area contributed by atoms with Gasteiger partial charge < -0.3 is 9.47 Å². The molecule has 0 atom stereocenters. The van der Waals surface area contributed by atoms with Gasteiger partial charge in [0.15, 0.2) is 0 Å². The van der Waals surface area contributed by atoms with E-state index in [0.717, 1.165) is 16.7 Å². The summed E-state index contributed by atoms with van der Waals surface area (Å²) >= 11 is 0. The maximum absolute atomic E-state index is 12.6. The van der Waals surface area contributed by atoms with E-state index in [9.17, 15) is 9.00 Å². The number of hydrogen-bond acceptors (Lipinski definition) is 5. The van der Waals surface area contributed by atoms with E-state index in [2.05, 4.69) is 14.4 Å². The van der Waals surface area contributed by atoms with E-state index in [1.807, 2.05) is 18.2 Å². The first-order valence-corrected chi connectivity index (χ1v) is 9.66. The van der Waals surface area contributed by atoms with Crippen LogP contribution in [0.3, 0.4) is 0 Å². The predicted octanol–water partition coefficient (Wildman–Crippen LogP) is 1.96. The molecule has 2 aromatic carbocycles. The van der Waals surface area contributed by atoms with Crippen LogP contribution in [0.4, 0.5) is 0 Å². The molecule has 0 saturated carbocycles. The summed E-state index contributed by atoms with van der Waals surface area (Å²) in [5, 5.41) is 0.856. The van der Waals surface area contributed by atoms with Crippen LogP contribution >= 0.6 is 0 Å². The maximum atomic E-state index is 12.6. The summed E-state index contributed by atoms with van der Waals surface area (Å²) in [5.41, 5.74) is 0.765. The van der Waals surface area contributed by atoms with Crippen molar-refractivity contribution in [3.8, 4) is 17.2 Å². The van der Waals surface area contributed by atoms with Crippen molar-refractivity contribution >= 4 is 27.1 Å². The van der Waals surface area contributed by atoms with Crippen LogP contribution < -0.4 is 18.9 Å². The summed E-state index contributed by atoms with van der Waals surface area (Å²) in [4.78, 5) is 16.2. The van der Waals surface area contributed by atoms with Gasteiger partial charge in [-0.1, -0.05) is 0 Å². The summed E-state index contributed by atoms with van der Waals surface area (Å²) in [6.45, 7) is 0.0575. The molecule has 2 heterocycles. The van der Waals surface area contributed by atoms with Crippen molar-refractivity contribution < 1.29 is 18.5 Å². The number of methoxy groups -OCH3 is 1. The Balaban J connectivity index is 1.61. The number of nitrogens with one attached hydrogen (secondary N) is 2. The van der Waals surface area contributed by atoms with Crippen LogP contribution in [0.25, 0.3) is 10.9 Å². The number of nitrogens with zero attached hydrogens (tertiary/aromatic N) is 1. The number of aromatic nitrogens is 1. The molecule has 1 aliphatic heterocycles. The Kier molecular flexibility index (Phi) is 4.06. The van der Waals surface area contributed by atoms with Crippen LogP contribution in [-0.4, -0.2) is 28.8 Å². The number of thiol groups is 1. The number of pyridine rings is 1. The zero-order valence-electron chi connectivity index (χ0n) is 13.9. The van der Waals surface area contributed by atoms with Gasteiger partial charge in [0.2, 0.25) is 5.91 Å². The standard InChI is InChI=1S/C18H17N3O4S/c1-24-13-4-7-15-16(10-13)19-9-8-17(15)25-12-2-5-14(6-3-12)26(23)20-11-18(22)21-26/h2-10,26H,11H2,1H3,(H2,20,21,22,23). The third-order valence-electron chi connectivity index (χ3n) is 4.08. The van der Waals surface area contributed by atoms with Crippen LogP contribution in [0.15, 0.2) is 59.6 Å². The van der Waals surface area contributed by atoms with Gasteiger partial charge >= 0.3 is 0 Å². The topological polar surface area (TPSA) is 89.5 Å². The molecule has 2 N–H and O–H groups in total. The SMILES string of the molecule is COc1ccc2c(Oc3ccc([SH]4(=O)NCC(=O)N4)cc3)ccnc2c1. The molecule has 1 saturated heterocycles. The van der Waals surface area contributed by atoms with Crippen molar-refractivity contribution in [1.29, 1.82) is 0 Å². The van der Waals surface area contributed by atoms with E-state index in [0.29, 0.717) is 16.4 Å². The van der Waals surface area contributed by atoms with Crippen LogP contribution in [0, 0.1) is 0 Å². The fourth-order valence-corrected chi connectivity index (χ4v) is 4.52. The molecule has 7 nitrogen and oxygen atoms in total. The molecule has 134 valence electrons. The Morgan fingerprint density at radius 1 is 1.08 bits per heavy atom. The fraction of sp³-hybridized carbons (Fsp3) is 0.111. The van der Waals surface area contributed by atoms with Crippen LogP contribution in [-0.2, 0) is 15.1 Å². The highest BCUT2D eigenvalue weighted by molar-refractivity contribution is 8.00. The van der Waals surface area contributed by atoms with Gasteiger partial charge in [0, 0.05) is 32.8 Å². The first kappa shape index (κ1) is 16.5. The first-order chi connectivity index (χ1) is 12.6. The number of amides is 1. The lowest BCUT2D eigenvalue weighted by molar-refractivity contribution is -0.117. The Bertz CT molecular complexity index is 1040. The molecule has 0 unspecified atom stereocenters. The molecule has 3 aromatic rings. The molecule has 0 aliphatic carbocycles. The monoisotopic (exact) mass is 371 g/mol. The number of carbonyl (C=O) groups is 1. The summed E-state index contributed by atoms with van der Waals surface area (Å²) in [6.07, 6.45) is 1.67. The van der Waals surface area contributed by atoms with Crippen molar-refractivity contribution in [1.82, 2.24) is 14.4 Å². The Hall–Kier alpha value is -2.97. The smallest absolute Gasteiger partial charge is 0.246 e. The molecule has 1 fully saturated rings. The minimum atomic E-state index is -3.06. The number of rotatable bonds is 4. The van der Waals surface area contributed by atoms with Crippen LogP contribution in [0.5, 0.6) is 17.2 Å². The van der Waals surface area contributed by atoms with Crippen molar-refractivity contribution in [2.24, 2.45) is 0 Å². The van der Waals surface area contributed by atoms with Gasteiger partial charge in [0.1, 0.15) is 17.2 Å². The number of carbonyl (C=O) groups excluding carboxylic acids is 1. The van der Waals surface area contributed by atoms with E-state index < -0.39 is 10.3 Å². The average molecular weight is 371 g/mol. The van der Waals surface area contributed by atoms with Gasteiger partial charge in [-0.2, -0.15) is 0 Å². The summed E-state index contributed by atoms with van der Waals surface area (Å²) in [6, 6.07) is 14.2. The van der Waals surface area contributed by atoms with Crippen LogP contribution in [0.2, 0.25) is 0 Å². The highest BCUT2D eigenvalue weighted by atomic mass is 32.3. The largest absolute Gasteiger partial charge is 0.497 e. The lowest BCUT2D eigenvalue weighted by Gasteiger charge is -2.18. The summed E-state index contributed by atoms with van der Waals surface area (Å²) in [7, 11) is -1.45. The molecular weight excluding hydrogens is 354 g/mol. The molecule has 0 spiro atoms. The zero-order chi connectivity index (χ0) is 18.1. The lowest BCUT2D eigenvalue weighted by atomic mass is 10.2. The normalized spacial score (nSPS) is 16.9. The molecule has 1 aliphatic rings. The maximum Gasteiger partial charge on any atom is 0.246 e. The molecular formula is C18H17N3O4S. The third-order valence-corrected chi connectivity index (χ3v) is 6.28. The van der Waals surface area contributed by atoms with E-state index in [1.54, 1.807) is 43.6 Å². The number of hydrogen-bond donors (Lipinski definition) is 3. The van der Waals surface area contributed by atoms with E-state index in [4.69, 9.17) is 9.47 Å². The quantitative estimate of drug-likeness (QED) is 0.610. The van der Waals surface area contributed by atoms with Gasteiger partial charge in [0.05, 0.1) is 19.2 Å². The molecule has 26 heavy (non-hydrogen) atoms. The average Bonchev–Trinajstić information content (AvgIpc) is 3.02. The van der Waals surface area contributed by atoms with E-state index >= 15 is 0 Å². The van der Waals surface area contributed by atoms with E-state index in [1.165, 1.54) is 0 Å². The minimum Gasteiger partial charge on any atom is -0.497 e. The van der Waals surface area contributed by atoms with Gasteiger partial charge in [-0.15, -0.1) is 0 Å². The minimum absolute atomic E-state index is 0.0575. The summed E-state index contributed by atoms with van der Waals surface area (Å²) < 4.78 is 29.0. The second kappa shape index (κ2) is 6.40. The number of ether oxygens (including phenoxy) is 2. The number of benzene rings is 2. The lowest BCUT2D eigenvalue weighted by Crippen LogP contribution is -2.33. The second-order valence-electron chi connectivity index (χ2n) is 5.77. The van der Waals surface area contributed by atoms with Crippen molar-refractivity contribution in [3.05, 3.63) is 54.7 Å². The predicted molar refractivity (Wildman–Crippen MR) is 98.8 cm³/mol. The molecule has 0 radical (unpaired) electrons. The second-order valence-corrected chi connectivity index (χ2v) is 8.04. The van der Waals surface area contributed by atoms with Gasteiger partial charge in [0.25, 0.3) is 0 Å².